The number of pyridine rings is 1. The summed E-state index contributed by atoms with van der Waals surface area (Å²) in [7, 11) is 1.73. The van der Waals surface area contributed by atoms with E-state index in [1.807, 2.05) is 0 Å². The number of hydrogen-bond donors (Lipinski definition) is 2. The molecule has 3 rings (SSSR count). The van der Waals surface area contributed by atoms with Gasteiger partial charge in [0.15, 0.2) is 17.2 Å². The molecule has 2 N–H and O–H groups in total. The first-order valence-electron chi connectivity index (χ1n) is 5.34. The summed E-state index contributed by atoms with van der Waals surface area (Å²) in [5.74, 6) is 0.162. The highest BCUT2D eigenvalue weighted by Crippen LogP contribution is 2.37. The summed E-state index contributed by atoms with van der Waals surface area (Å²) in [6.45, 7) is 0.173. The summed E-state index contributed by atoms with van der Waals surface area (Å²) in [4.78, 5) is 15.1. The number of anilines is 1. The van der Waals surface area contributed by atoms with Crippen LogP contribution >= 0.6 is 0 Å². The second-order valence-corrected chi connectivity index (χ2v) is 3.83. The van der Waals surface area contributed by atoms with Gasteiger partial charge in [0.05, 0.1) is 5.52 Å². The number of carboxylic acid groups (broad SMARTS) is 1. The van der Waals surface area contributed by atoms with Crippen LogP contribution in [0.1, 0.15) is 10.5 Å². The van der Waals surface area contributed by atoms with Gasteiger partial charge in [-0.25, -0.2) is 9.78 Å². The zero-order chi connectivity index (χ0) is 12.7. The molecule has 18 heavy (non-hydrogen) atoms. The van der Waals surface area contributed by atoms with Crippen molar-refractivity contribution >= 4 is 22.6 Å². The van der Waals surface area contributed by atoms with E-state index in [0.29, 0.717) is 22.7 Å². The van der Waals surface area contributed by atoms with E-state index in [1.54, 1.807) is 19.2 Å². The van der Waals surface area contributed by atoms with Gasteiger partial charge in [0.1, 0.15) is 0 Å². The Bertz CT molecular complexity index is 654. The van der Waals surface area contributed by atoms with E-state index in [-0.39, 0.29) is 12.5 Å². The Kier molecular flexibility index (Phi) is 2.22. The van der Waals surface area contributed by atoms with Crippen LogP contribution in [-0.2, 0) is 0 Å². The minimum atomic E-state index is -1.06. The van der Waals surface area contributed by atoms with Crippen LogP contribution in [0.3, 0.4) is 0 Å². The molecular formula is C12H10N2O4. The molecule has 0 radical (unpaired) electrons. The molecule has 92 valence electrons. The molecule has 1 aromatic carbocycles. The Morgan fingerprint density at radius 2 is 2.06 bits per heavy atom. The molecule has 6 heteroatoms. The Balaban J connectivity index is 2.31. The number of ether oxygens (including phenoxy) is 2. The monoisotopic (exact) mass is 246 g/mol. The summed E-state index contributed by atoms with van der Waals surface area (Å²) < 4.78 is 10.5. The average Bonchev–Trinajstić information content (AvgIpc) is 2.81. The van der Waals surface area contributed by atoms with Crippen LogP contribution in [0.5, 0.6) is 11.5 Å². The van der Waals surface area contributed by atoms with Crippen LogP contribution in [0.4, 0.5) is 5.69 Å². The maximum atomic E-state index is 11.0. The standard InChI is InChI=1S/C12H10N2O4/c1-13-7-3-9(12(15)16)14-8-4-11-10(2-6(7)8)17-5-18-11/h2-4H,5H2,1H3,(H,13,14)(H,15,16). The lowest BCUT2D eigenvalue weighted by Gasteiger charge is -2.08. The third-order valence-electron chi connectivity index (χ3n) is 2.79. The number of hydrogen-bond acceptors (Lipinski definition) is 5. The molecule has 0 bridgehead atoms. The number of aromatic nitrogens is 1. The molecule has 1 aliphatic heterocycles. The van der Waals surface area contributed by atoms with Gasteiger partial charge < -0.3 is 19.9 Å². The van der Waals surface area contributed by atoms with E-state index in [0.717, 1.165) is 5.39 Å². The average molecular weight is 246 g/mol. The fraction of sp³-hybridized carbons (Fsp3) is 0.167. The van der Waals surface area contributed by atoms with Crippen LogP contribution in [0.15, 0.2) is 18.2 Å². The molecule has 0 aliphatic carbocycles. The fourth-order valence-corrected chi connectivity index (χ4v) is 1.93. The number of aromatic carboxylic acids is 1. The largest absolute Gasteiger partial charge is 0.477 e. The van der Waals surface area contributed by atoms with Crippen LogP contribution < -0.4 is 14.8 Å². The first kappa shape index (κ1) is 10.6. The number of nitrogens with zero attached hydrogens (tertiary/aromatic N) is 1. The van der Waals surface area contributed by atoms with E-state index < -0.39 is 5.97 Å². The molecule has 0 saturated heterocycles. The SMILES string of the molecule is CNc1cc(C(=O)O)nc2cc3c(cc12)OCO3. The minimum absolute atomic E-state index is 0.00860. The van der Waals surface area contributed by atoms with Crippen molar-refractivity contribution in [3.05, 3.63) is 23.9 Å². The Morgan fingerprint density at radius 1 is 1.33 bits per heavy atom. The van der Waals surface area contributed by atoms with E-state index >= 15 is 0 Å². The summed E-state index contributed by atoms with van der Waals surface area (Å²) in [6.07, 6.45) is 0. The van der Waals surface area contributed by atoms with Crippen LogP contribution in [0.25, 0.3) is 10.9 Å². The lowest BCUT2D eigenvalue weighted by Crippen LogP contribution is -2.02. The summed E-state index contributed by atoms with van der Waals surface area (Å²) in [5, 5.41) is 12.8. The Morgan fingerprint density at radius 3 is 2.72 bits per heavy atom. The van der Waals surface area contributed by atoms with Crippen molar-refractivity contribution in [3.8, 4) is 11.5 Å². The van der Waals surface area contributed by atoms with Crippen molar-refractivity contribution < 1.29 is 19.4 Å². The smallest absolute Gasteiger partial charge is 0.354 e. The summed E-state index contributed by atoms with van der Waals surface area (Å²) in [5.41, 5.74) is 1.24. The van der Waals surface area contributed by atoms with Gasteiger partial charge in [-0.05, 0) is 12.1 Å². The fourth-order valence-electron chi connectivity index (χ4n) is 1.93. The van der Waals surface area contributed by atoms with Crippen molar-refractivity contribution in [1.82, 2.24) is 4.98 Å². The first-order chi connectivity index (χ1) is 8.69. The molecule has 0 saturated carbocycles. The van der Waals surface area contributed by atoms with Gasteiger partial charge in [-0.1, -0.05) is 0 Å². The second-order valence-electron chi connectivity index (χ2n) is 3.83. The third kappa shape index (κ3) is 1.50. The van der Waals surface area contributed by atoms with E-state index in [9.17, 15) is 4.79 Å². The molecule has 6 nitrogen and oxygen atoms in total. The van der Waals surface area contributed by atoms with Crippen molar-refractivity contribution in [3.63, 3.8) is 0 Å². The quantitative estimate of drug-likeness (QED) is 0.839. The Labute approximate surface area is 102 Å². The molecule has 2 aromatic rings. The van der Waals surface area contributed by atoms with E-state index in [4.69, 9.17) is 14.6 Å². The number of benzene rings is 1. The van der Waals surface area contributed by atoms with Crippen LogP contribution in [0, 0.1) is 0 Å². The lowest BCUT2D eigenvalue weighted by atomic mass is 10.1. The normalized spacial score (nSPS) is 12.7. The summed E-state index contributed by atoms with van der Waals surface area (Å²) in [6, 6.07) is 4.97. The van der Waals surface area contributed by atoms with Crippen LogP contribution in [0.2, 0.25) is 0 Å². The van der Waals surface area contributed by atoms with Gasteiger partial charge in [0.2, 0.25) is 6.79 Å². The van der Waals surface area contributed by atoms with Crippen molar-refractivity contribution in [1.29, 1.82) is 0 Å². The molecular weight excluding hydrogens is 236 g/mol. The predicted molar refractivity (Wildman–Crippen MR) is 64.4 cm³/mol. The number of carboxylic acids is 1. The van der Waals surface area contributed by atoms with Gasteiger partial charge in [0, 0.05) is 24.2 Å². The highest BCUT2D eigenvalue weighted by atomic mass is 16.7. The number of fused-ring (bicyclic) bond motifs is 2. The van der Waals surface area contributed by atoms with Gasteiger partial charge in [0.25, 0.3) is 0 Å². The third-order valence-corrected chi connectivity index (χ3v) is 2.79. The molecule has 1 aliphatic rings. The number of carbonyl (C=O) groups is 1. The predicted octanol–water partition coefficient (Wildman–Crippen LogP) is 1.70. The van der Waals surface area contributed by atoms with Crippen molar-refractivity contribution in [2.75, 3.05) is 19.2 Å². The zero-order valence-electron chi connectivity index (χ0n) is 9.56. The van der Waals surface area contributed by atoms with Crippen molar-refractivity contribution in [2.24, 2.45) is 0 Å². The topological polar surface area (TPSA) is 80.7 Å². The van der Waals surface area contributed by atoms with Gasteiger partial charge >= 0.3 is 5.97 Å². The Hall–Kier alpha value is -2.50. The maximum Gasteiger partial charge on any atom is 0.354 e. The molecule has 0 spiro atoms. The van der Waals surface area contributed by atoms with E-state index in [2.05, 4.69) is 10.3 Å². The first-order valence-corrected chi connectivity index (χ1v) is 5.34. The van der Waals surface area contributed by atoms with Crippen molar-refractivity contribution in [2.45, 2.75) is 0 Å². The second kappa shape index (κ2) is 3.76. The molecule has 2 heterocycles. The molecule has 0 atom stereocenters. The molecule has 0 fully saturated rings. The lowest BCUT2D eigenvalue weighted by molar-refractivity contribution is 0.0691. The number of rotatable bonds is 2. The highest BCUT2D eigenvalue weighted by molar-refractivity contribution is 5.98. The van der Waals surface area contributed by atoms with Gasteiger partial charge in [-0.2, -0.15) is 0 Å². The van der Waals surface area contributed by atoms with Crippen LogP contribution in [-0.4, -0.2) is 29.9 Å². The molecule has 0 unspecified atom stereocenters. The van der Waals surface area contributed by atoms with E-state index in [1.165, 1.54) is 6.07 Å². The number of nitrogens with one attached hydrogen (secondary N) is 1. The highest BCUT2D eigenvalue weighted by Gasteiger charge is 2.18. The zero-order valence-corrected chi connectivity index (χ0v) is 9.56. The molecule has 1 aromatic heterocycles. The minimum Gasteiger partial charge on any atom is -0.477 e. The van der Waals surface area contributed by atoms with Gasteiger partial charge in [-0.15, -0.1) is 0 Å². The maximum absolute atomic E-state index is 11.0. The van der Waals surface area contributed by atoms with Gasteiger partial charge in [-0.3, -0.25) is 0 Å². The summed E-state index contributed by atoms with van der Waals surface area (Å²) >= 11 is 0. The molecule has 0 amide bonds.